The van der Waals surface area contributed by atoms with Crippen LogP contribution in [0, 0.1) is 5.82 Å². The summed E-state index contributed by atoms with van der Waals surface area (Å²) in [6.45, 7) is 1.81. The lowest BCUT2D eigenvalue weighted by Gasteiger charge is -2.11. The Kier molecular flexibility index (Phi) is 4.80. The number of aromatic nitrogens is 1. The third-order valence-corrected chi connectivity index (χ3v) is 3.36. The van der Waals surface area contributed by atoms with E-state index >= 15 is 0 Å². The van der Waals surface area contributed by atoms with Gasteiger partial charge in [0.1, 0.15) is 17.5 Å². The zero-order valence-corrected chi connectivity index (χ0v) is 12.8. The van der Waals surface area contributed by atoms with E-state index in [4.69, 9.17) is 22.9 Å². The molecule has 0 atom stereocenters. The molecule has 1 aromatic carbocycles. The summed E-state index contributed by atoms with van der Waals surface area (Å²) in [5.74, 6) is 0.160. The number of hydrogen-bond acceptors (Lipinski definition) is 6. The first kappa shape index (κ1) is 16.3. The number of nitrogens with two attached hydrogens (primary N) is 4. The van der Waals surface area contributed by atoms with Crippen LogP contribution in [0.1, 0.15) is 12.5 Å². The Balaban J connectivity index is 2.28. The highest BCUT2D eigenvalue weighted by atomic mass is 19.1. The number of pyridine rings is 1. The fourth-order valence-corrected chi connectivity index (χ4v) is 2.09. The topological polar surface area (TPSA) is 129 Å². The first-order valence-corrected chi connectivity index (χ1v) is 6.93. The van der Waals surface area contributed by atoms with E-state index in [0.29, 0.717) is 23.5 Å². The van der Waals surface area contributed by atoms with E-state index in [1.54, 1.807) is 18.2 Å². The van der Waals surface area contributed by atoms with Crippen molar-refractivity contribution < 1.29 is 4.39 Å². The number of nitrogens with zero attached hydrogens (tertiary/aromatic N) is 2. The average molecular weight is 314 g/mol. The molecule has 0 aliphatic rings. The molecule has 0 aliphatic carbocycles. The van der Waals surface area contributed by atoms with Crippen LogP contribution in [0.4, 0.5) is 27.4 Å². The number of allylic oxidation sites excluding steroid dienone is 1. The smallest absolute Gasteiger partial charge is 0.149 e. The van der Waals surface area contributed by atoms with Crippen molar-refractivity contribution in [1.82, 2.24) is 4.98 Å². The van der Waals surface area contributed by atoms with Gasteiger partial charge in [0.2, 0.25) is 0 Å². The van der Waals surface area contributed by atoms with Gasteiger partial charge in [-0.25, -0.2) is 9.37 Å². The molecule has 0 spiro atoms. The number of anilines is 3. The van der Waals surface area contributed by atoms with Crippen LogP contribution in [0.3, 0.4) is 0 Å². The second-order valence-corrected chi connectivity index (χ2v) is 5.05. The summed E-state index contributed by atoms with van der Waals surface area (Å²) in [5.41, 5.74) is 26.2. The van der Waals surface area contributed by atoms with Gasteiger partial charge < -0.3 is 22.9 Å². The van der Waals surface area contributed by atoms with Gasteiger partial charge in [0.05, 0.1) is 11.4 Å². The maximum Gasteiger partial charge on any atom is 0.149 e. The summed E-state index contributed by atoms with van der Waals surface area (Å²) in [5, 5.41) is 0. The molecule has 0 aliphatic heterocycles. The summed E-state index contributed by atoms with van der Waals surface area (Å²) in [7, 11) is 0. The molecule has 1 heterocycles. The molecule has 120 valence electrons. The molecule has 2 aromatic rings. The SMILES string of the molecule is CC(=Nc1ccc(F)cc1)C(=CN)Cc1cc(N)nc(N)c1N. The Morgan fingerprint density at radius 3 is 2.48 bits per heavy atom. The zero-order valence-electron chi connectivity index (χ0n) is 12.8. The van der Waals surface area contributed by atoms with Gasteiger partial charge in [-0.1, -0.05) is 0 Å². The number of aliphatic imine (C=N–C) groups is 1. The lowest BCUT2D eigenvalue weighted by atomic mass is 10.0. The number of rotatable bonds is 4. The number of benzene rings is 1. The largest absolute Gasteiger partial charge is 0.404 e. The van der Waals surface area contributed by atoms with Gasteiger partial charge >= 0.3 is 0 Å². The third kappa shape index (κ3) is 3.97. The van der Waals surface area contributed by atoms with Crippen molar-refractivity contribution in [3.63, 3.8) is 0 Å². The van der Waals surface area contributed by atoms with E-state index in [-0.39, 0.29) is 17.5 Å². The van der Waals surface area contributed by atoms with Crippen LogP contribution < -0.4 is 22.9 Å². The minimum atomic E-state index is -0.313. The van der Waals surface area contributed by atoms with E-state index in [0.717, 1.165) is 11.1 Å². The monoisotopic (exact) mass is 314 g/mol. The molecule has 23 heavy (non-hydrogen) atoms. The van der Waals surface area contributed by atoms with Crippen LogP contribution in [0.2, 0.25) is 0 Å². The average Bonchev–Trinajstić information content (AvgIpc) is 2.51. The van der Waals surface area contributed by atoms with E-state index in [1.807, 2.05) is 6.92 Å². The first-order chi connectivity index (χ1) is 10.9. The lowest BCUT2D eigenvalue weighted by Crippen LogP contribution is -2.09. The van der Waals surface area contributed by atoms with Crippen molar-refractivity contribution in [2.75, 3.05) is 17.2 Å². The first-order valence-electron chi connectivity index (χ1n) is 6.93. The summed E-state index contributed by atoms with van der Waals surface area (Å²) in [4.78, 5) is 8.33. The van der Waals surface area contributed by atoms with Gasteiger partial charge in [0.15, 0.2) is 0 Å². The maximum atomic E-state index is 12.9. The molecule has 0 fully saturated rings. The highest BCUT2D eigenvalue weighted by molar-refractivity contribution is 6.00. The minimum absolute atomic E-state index is 0.185. The van der Waals surface area contributed by atoms with Gasteiger partial charge in [-0.05, 0) is 54.6 Å². The van der Waals surface area contributed by atoms with Gasteiger partial charge in [0.25, 0.3) is 0 Å². The summed E-state index contributed by atoms with van der Waals surface area (Å²) in [6.07, 6.45) is 1.87. The standard InChI is InChI=1S/C16H19FN6/c1-9(22-13-4-2-12(17)3-5-13)11(8-18)6-10-7-14(19)23-16(21)15(10)20/h2-5,7-8H,6,18,20H2,1H3,(H4,19,21,23). The molecule has 0 unspecified atom stereocenters. The summed E-state index contributed by atoms with van der Waals surface area (Å²) in [6, 6.07) is 7.52. The van der Waals surface area contributed by atoms with Gasteiger partial charge in [-0.2, -0.15) is 0 Å². The zero-order chi connectivity index (χ0) is 17.0. The van der Waals surface area contributed by atoms with Crippen molar-refractivity contribution in [2.45, 2.75) is 13.3 Å². The van der Waals surface area contributed by atoms with Crippen LogP contribution in [0.25, 0.3) is 0 Å². The number of hydrogen-bond donors (Lipinski definition) is 4. The van der Waals surface area contributed by atoms with Crippen LogP contribution in [-0.2, 0) is 6.42 Å². The quantitative estimate of drug-likeness (QED) is 0.642. The molecule has 0 amide bonds. The van der Waals surface area contributed by atoms with E-state index in [9.17, 15) is 4.39 Å². The molecule has 2 rings (SSSR count). The van der Waals surface area contributed by atoms with Crippen molar-refractivity contribution >= 4 is 28.7 Å². The Morgan fingerprint density at radius 1 is 1.22 bits per heavy atom. The van der Waals surface area contributed by atoms with Crippen molar-refractivity contribution in [2.24, 2.45) is 10.7 Å². The molecule has 1 aromatic heterocycles. The van der Waals surface area contributed by atoms with Crippen molar-refractivity contribution in [3.8, 4) is 0 Å². The molecule has 7 heteroatoms. The van der Waals surface area contributed by atoms with Crippen LogP contribution in [-0.4, -0.2) is 10.7 Å². The molecular weight excluding hydrogens is 295 g/mol. The molecule has 0 bridgehead atoms. The Hall–Kier alpha value is -3.09. The predicted molar refractivity (Wildman–Crippen MR) is 92.6 cm³/mol. The molecule has 8 N–H and O–H groups in total. The second-order valence-electron chi connectivity index (χ2n) is 5.05. The number of halogens is 1. The fourth-order valence-electron chi connectivity index (χ4n) is 2.09. The Bertz CT molecular complexity index is 765. The number of nitrogen functional groups attached to an aromatic ring is 3. The highest BCUT2D eigenvalue weighted by Crippen LogP contribution is 2.24. The van der Waals surface area contributed by atoms with E-state index in [2.05, 4.69) is 9.98 Å². The van der Waals surface area contributed by atoms with Gasteiger partial charge in [0, 0.05) is 12.1 Å². The normalized spacial score (nSPS) is 12.4. The maximum absolute atomic E-state index is 12.9. The third-order valence-electron chi connectivity index (χ3n) is 3.36. The van der Waals surface area contributed by atoms with Gasteiger partial charge in [-0.3, -0.25) is 4.99 Å². The van der Waals surface area contributed by atoms with Crippen LogP contribution in [0.5, 0.6) is 0 Å². The molecule has 6 nitrogen and oxygen atoms in total. The van der Waals surface area contributed by atoms with Crippen molar-refractivity contribution in [1.29, 1.82) is 0 Å². The van der Waals surface area contributed by atoms with Crippen LogP contribution in [0.15, 0.2) is 47.1 Å². The second kappa shape index (κ2) is 6.78. The molecular formula is C16H19FN6. The van der Waals surface area contributed by atoms with Crippen LogP contribution >= 0.6 is 0 Å². The molecule has 0 saturated heterocycles. The molecule has 0 radical (unpaired) electrons. The Labute approximate surface area is 133 Å². The van der Waals surface area contributed by atoms with E-state index in [1.165, 1.54) is 18.3 Å². The van der Waals surface area contributed by atoms with E-state index < -0.39 is 0 Å². The minimum Gasteiger partial charge on any atom is -0.404 e. The highest BCUT2D eigenvalue weighted by Gasteiger charge is 2.10. The fraction of sp³-hybridized carbons (Fsp3) is 0.125. The Morgan fingerprint density at radius 2 is 1.87 bits per heavy atom. The summed E-state index contributed by atoms with van der Waals surface area (Å²) >= 11 is 0. The lowest BCUT2D eigenvalue weighted by molar-refractivity contribution is 0.628. The predicted octanol–water partition coefficient (Wildman–Crippen LogP) is 2.15. The molecule has 0 saturated carbocycles. The van der Waals surface area contributed by atoms with Gasteiger partial charge in [-0.15, -0.1) is 0 Å². The van der Waals surface area contributed by atoms with Crippen molar-refractivity contribution in [3.05, 3.63) is 53.5 Å². The summed E-state index contributed by atoms with van der Waals surface area (Å²) < 4.78 is 12.9.